The standard InChI is InChI=1S/C33H16N7.Cu/c1-2-10-19-18(9-1)26-17-27(19)35-29-21-12-4-6-14-23(21)31(37-29)39-33-25-16-8-7-15-24(25)32(40-33)38-30-22-13-5-3-11-20(22)28(34-26)36-30;/h1-16H;/q-3;. The SMILES string of the molecule is [Cu].[c-]1c2nc3[n-]c(nc4nc(nc5[n-]c(nc1-c1ccccc1-2)c1ccccc51)-c1ccccc1-4)c1ccccc31. The summed E-state index contributed by atoms with van der Waals surface area (Å²) in [5.74, 6) is 1.12. The molecule has 41 heavy (non-hydrogen) atoms. The van der Waals surface area contributed by atoms with Crippen LogP contribution < -0.4 is 9.97 Å². The van der Waals surface area contributed by atoms with Gasteiger partial charge in [0.2, 0.25) is 0 Å². The molecule has 7 aromatic rings. The van der Waals surface area contributed by atoms with Crippen molar-refractivity contribution in [1.82, 2.24) is 34.9 Å². The van der Waals surface area contributed by atoms with E-state index in [9.17, 15) is 0 Å². The number of benzene rings is 4. The van der Waals surface area contributed by atoms with Crippen molar-refractivity contribution in [2.75, 3.05) is 0 Å². The van der Waals surface area contributed by atoms with E-state index in [0.717, 1.165) is 43.8 Å². The monoisotopic (exact) mass is 573 g/mol. The van der Waals surface area contributed by atoms with Crippen LogP contribution in [0, 0.1) is 6.07 Å². The van der Waals surface area contributed by atoms with Crippen molar-refractivity contribution in [3.8, 4) is 45.3 Å². The fourth-order valence-corrected chi connectivity index (χ4v) is 5.52. The number of hydrogen-bond donors (Lipinski definition) is 0. The summed E-state index contributed by atoms with van der Waals surface area (Å²) in [5.41, 5.74) is 7.35. The van der Waals surface area contributed by atoms with E-state index in [0.29, 0.717) is 45.6 Å². The maximum absolute atomic E-state index is 5.00. The molecule has 1 aliphatic heterocycles. The van der Waals surface area contributed by atoms with Gasteiger partial charge in [0, 0.05) is 50.8 Å². The predicted octanol–water partition coefficient (Wildman–Crippen LogP) is 6.53. The number of nitrogens with zero attached hydrogens (tertiary/aromatic N) is 7. The number of hydrogen-bond acceptors (Lipinski definition) is 5. The van der Waals surface area contributed by atoms with Crippen LogP contribution in [0.2, 0.25) is 0 Å². The number of rotatable bonds is 0. The maximum atomic E-state index is 5.00. The van der Waals surface area contributed by atoms with Gasteiger partial charge in [-0.05, 0) is 21.5 Å². The minimum atomic E-state index is 0. The average Bonchev–Trinajstić information content (AvgIpc) is 3.73. The molecule has 1 aliphatic carbocycles. The third-order valence-corrected chi connectivity index (χ3v) is 7.40. The molecule has 3 aromatic heterocycles. The largest absolute Gasteiger partial charge is 0.388 e. The Morgan fingerprint density at radius 2 is 0.732 bits per heavy atom. The fraction of sp³-hybridized carbons (Fsp3) is 0. The van der Waals surface area contributed by atoms with Gasteiger partial charge in [-0.3, -0.25) is 0 Å². The number of fused-ring (bicyclic) bond motifs is 20. The normalized spacial score (nSPS) is 11.7. The quantitative estimate of drug-likeness (QED) is 0.150. The Bertz CT molecular complexity index is 2030. The van der Waals surface area contributed by atoms with Gasteiger partial charge in [0.15, 0.2) is 0 Å². The topological polar surface area (TPSA) is 92.6 Å². The zero-order chi connectivity index (χ0) is 26.2. The molecule has 8 bridgehead atoms. The minimum Gasteiger partial charge on any atom is -0.388 e. The van der Waals surface area contributed by atoms with Gasteiger partial charge in [0.25, 0.3) is 0 Å². The van der Waals surface area contributed by atoms with E-state index < -0.39 is 0 Å². The Kier molecular flexibility index (Phi) is 5.16. The van der Waals surface area contributed by atoms with Gasteiger partial charge in [-0.25, -0.2) is 4.98 Å². The van der Waals surface area contributed by atoms with Crippen LogP contribution in [-0.2, 0) is 17.1 Å². The Labute approximate surface area is 243 Å². The summed E-state index contributed by atoms with van der Waals surface area (Å²) in [6.45, 7) is 0. The van der Waals surface area contributed by atoms with Gasteiger partial charge in [-0.15, -0.1) is 23.5 Å². The summed E-state index contributed by atoms with van der Waals surface area (Å²) < 4.78 is 0. The summed E-state index contributed by atoms with van der Waals surface area (Å²) in [6, 6.07) is 35.5. The first kappa shape index (κ1) is 23.7. The summed E-state index contributed by atoms with van der Waals surface area (Å²) in [5, 5.41) is 3.64. The van der Waals surface area contributed by atoms with E-state index >= 15 is 0 Å². The van der Waals surface area contributed by atoms with Crippen LogP contribution in [0.1, 0.15) is 0 Å². The molecular formula is C33H16CuN7-3. The predicted molar refractivity (Wildman–Crippen MR) is 155 cm³/mol. The molecule has 0 fully saturated rings. The molecule has 0 N–H and O–H groups in total. The molecule has 4 aromatic carbocycles. The molecule has 7 nitrogen and oxygen atoms in total. The maximum Gasteiger partial charge on any atom is 0.0927 e. The molecule has 8 heteroatoms. The van der Waals surface area contributed by atoms with Crippen molar-refractivity contribution >= 4 is 44.1 Å². The van der Waals surface area contributed by atoms with E-state index in [-0.39, 0.29) is 17.1 Å². The van der Waals surface area contributed by atoms with E-state index in [2.05, 4.69) is 6.07 Å². The summed E-state index contributed by atoms with van der Waals surface area (Å²) >= 11 is 0. The average molecular weight is 574 g/mol. The second kappa shape index (κ2) is 8.92. The molecule has 1 radical (unpaired) electrons. The van der Waals surface area contributed by atoms with Gasteiger partial charge < -0.3 is 29.9 Å². The number of aromatic nitrogens is 7. The van der Waals surface area contributed by atoms with Crippen LogP contribution in [-0.4, -0.2) is 24.9 Å². The van der Waals surface area contributed by atoms with Gasteiger partial charge in [0.1, 0.15) is 0 Å². The van der Waals surface area contributed by atoms with Crippen LogP contribution in [0.15, 0.2) is 97.1 Å². The van der Waals surface area contributed by atoms with Crippen molar-refractivity contribution in [3.63, 3.8) is 0 Å². The van der Waals surface area contributed by atoms with E-state index in [1.54, 1.807) is 0 Å². The molecule has 0 unspecified atom stereocenters. The molecule has 4 heterocycles. The first-order valence-electron chi connectivity index (χ1n) is 12.9. The van der Waals surface area contributed by atoms with Crippen molar-refractivity contribution in [3.05, 3.63) is 103 Å². The fourth-order valence-electron chi connectivity index (χ4n) is 5.52. The minimum absolute atomic E-state index is 0. The van der Waals surface area contributed by atoms with Crippen molar-refractivity contribution in [1.29, 1.82) is 0 Å². The molecule has 0 atom stereocenters. The van der Waals surface area contributed by atoms with Crippen molar-refractivity contribution < 1.29 is 17.1 Å². The molecule has 0 saturated carbocycles. The molecule has 0 spiro atoms. The van der Waals surface area contributed by atoms with E-state index in [1.165, 1.54) is 0 Å². The second-order valence-corrected chi connectivity index (χ2v) is 9.73. The van der Waals surface area contributed by atoms with Crippen LogP contribution in [0.4, 0.5) is 0 Å². The van der Waals surface area contributed by atoms with E-state index in [1.807, 2.05) is 97.1 Å². The summed E-state index contributed by atoms with van der Waals surface area (Å²) in [7, 11) is 0. The summed E-state index contributed by atoms with van der Waals surface area (Å²) in [6.07, 6.45) is 0. The Balaban J connectivity index is 0.00000256. The van der Waals surface area contributed by atoms with Gasteiger partial charge in [-0.2, -0.15) is 17.2 Å². The zero-order valence-electron chi connectivity index (χ0n) is 21.2. The third-order valence-electron chi connectivity index (χ3n) is 7.40. The van der Waals surface area contributed by atoms with Crippen LogP contribution in [0.3, 0.4) is 0 Å². The first-order chi connectivity index (χ1) is 19.8. The van der Waals surface area contributed by atoms with Crippen LogP contribution in [0.5, 0.6) is 0 Å². The third kappa shape index (κ3) is 3.55. The van der Waals surface area contributed by atoms with Crippen molar-refractivity contribution in [2.24, 2.45) is 0 Å². The van der Waals surface area contributed by atoms with Crippen LogP contribution in [0.25, 0.3) is 89.4 Å². The molecule has 2 aliphatic rings. The molecule has 197 valence electrons. The molecule has 9 rings (SSSR count). The van der Waals surface area contributed by atoms with Crippen LogP contribution >= 0.6 is 0 Å². The van der Waals surface area contributed by atoms with Gasteiger partial charge in [0.05, 0.1) is 11.6 Å². The zero-order valence-corrected chi connectivity index (χ0v) is 22.1. The molecular weight excluding hydrogens is 558 g/mol. The second-order valence-electron chi connectivity index (χ2n) is 9.73. The molecule has 0 saturated heterocycles. The van der Waals surface area contributed by atoms with Gasteiger partial charge in [-0.1, -0.05) is 84.9 Å². The Hall–Kier alpha value is -5.17. The van der Waals surface area contributed by atoms with Gasteiger partial charge >= 0.3 is 0 Å². The smallest absolute Gasteiger partial charge is 0.0927 e. The Morgan fingerprint density at radius 3 is 1.15 bits per heavy atom. The Morgan fingerprint density at radius 1 is 0.390 bits per heavy atom. The van der Waals surface area contributed by atoms with E-state index in [4.69, 9.17) is 34.9 Å². The molecule has 0 amide bonds. The first-order valence-corrected chi connectivity index (χ1v) is 12.9. The van der Waals surface area contributed by atoms with Crippen molar-refractivity contribution in [2.45, 2.75) is 0 Å². The summed E-state index contributed by atoms with van der Waals surface area (Å²) in [4.78, 5) is 34.6.